The molecular weight excluding hydrogens is 324 g/mol. The second kappa shape index (κ2) is 8.10. The molecule has 128 valence electrons. The minimum absolute atomic E-state index is 0.0142. The maximum atomic E-state index is 12.6. The fourth-order valence-corrected chi connectivity index (χ4v) is 3.63. The van der Waals surface area contributed by atoms with E-state index in [4.69, 9.17) is 0 Å². The Balaban J connectivity index is 1.66. The molecule has 2 aromatic heterocycles. The molecular formula is C17H22N4O2S. The Labute approximate surface area is 145 Å². The Morgan fingerprint density at radius 1 is 1.33 bits per heavy atom. The van der Waals surface area contributed by atoms with Gasteiger partial charge in [-0.3, -0.25) is 9.59 Å². The summed E-state index contributed by atoms with van der Waals surface area (Å²) in [6.07, 6.45) is 8.84. The quantitative estimate of drug-likeness (QED) is 0.751. The molecule has 1 atom stereocenters. The third-order valence-corrected chi connectivity index (χ3v) is 5.06. The highest BCUT2D eigenvalue weighted by Gasteiger charge is 2.27. The number of nitrogens with one attached hydrogen (secondary N) is 3. The van der Waals surface area contributed by atoms with E-state index >= 15 is 0 Å². The van der Waals surface area contributed by atoms with Crippen molar-refractivity contribution in [2.75, 3.05) is 5.32 Å². The molecule has 6 nitrogen and oxygen atoms in total. The van der Waals surface area contributed by atoms with Crippen molar-refractivity contribution in [3.8, 4) is 0 Å². The number of carbonyl (C=O) groups excluding carboxylic acids is 2. The lowest BCUT2D eigenvalue weighted by molar-refractivity contribution is -0.130. The first-order valence-corrected chi connectivity index (χ1v) is 9.27. The van der Waals surface area contributed by atoms with Gasteiger partial charge in [0.25, 0.3) is 0 Å². The number of H-pyrrole nitrogens is 1. The number of aromatic amines is 1. The van der Waals surface area contributed by atoms with Crippen molar-refractivity contribution >= 4 is 28.8 Å². The van der Waals surface area contributed by atoms with Gasteiger partial charge in [0, 0.05) is 29.6 Å². The molecule has 24 heavy (non-hydrogen) atoms. The smallest absolute Gasteiger partial charge is 0.247 e. The van der Waals surface area contributed by atoms with Crippen LogP contribution < -0.4 is 10.6 Å². The summed E-state index contributed by atoms with van der Waals surface area (Å²) in [5.74, 6) is -0.191. The first kappa shape index (κ1) is 16.7. The van der Waals surface area contributed by atoms with Crippen molar-refractivity contribution < 1.29 is 9.59 Å². The lowest BCUT2D eigenvalue weighted by Crippen LogP contribution is -2.47. The Kier molecular flexibility index (Phi) is 5.63. The Hall–Kier alpha value is -2.15. The average Bonchev–Trinajstić information content (AvgIpc) is 3.29. The van der Waals surface area contributed by atoms with E-state index in [9.17, 15) is 9.59 Å². The summed E-state index contributed by atoms with van der Waals surface area (Å²) < 4.78 is 0. The predicted octanol–water partition coefficient (Wildman–Crippen LogP) is 2.72. The number of anilines is 1. The lowest BCUT2D eigenvalue weighted by atomic mass is 9.88. The van der Waals surface area contributed by atoms with E-state index in [0.717, 1.165) is 37.1 Å². The molecule has 1 aliphatic rings. The number of carbonyl (C=O) groups is 2. The van der Waals surface area contributed by atoms with E-state index in [1.165, 1.54) is 17.8 Å². The van der Waals surface area contributed by atoms with E-state index < -0.39 is 6.04 Å². The van der Waals surface area contributed by atoms with E-state index in [2.05, 4.69) is 20.6 Å². The fraction of sp³-hybridized carbons (Fsp3) is 0.471. The molecule has 3 N–H and O–H groups in total. The van der Waals surface area contributed by atoms with Gasteiger partial charge in [-0.2, -0.15) is 11.3 Å². The van der Waals surface area contributed by atoms with Crippen LogP contribution in [0.15, 0.2) is 29.4 Å². The van der Waals surface area contributed by atoms with Gasteiger partial charge in [-0.1, -0.05) is 19.3 Å². The van der Waals surface area contributed by atoms with Crippen molar-refractivity contribution in [3.63, 3.8) is 0 Å². The number of hydrogen-bond acceptors (Lipinski definition) is 4. The van der Waals surface area contributed by atoms with Crippen molar-refractivity contribution in [3.05, 3.63) is 35.0 Å². The highest BCUT2D eigenvalue weighted by Crippen LogP contribution is 2.24. The Morgan fingerprint density at radius 3 is 2.83 bits per heavy atom. The zero-order chi connectivity index (χ0) is 16.8. The topological polar surface area (TPSA) is 86.9 Å². The number of hydrogen-bond donors (Lipinski definition) is 3. The summed E-state index contributed by atoms with van der Waals surface area (Å²) >= 11 is 1.52. The number of rotatable bonds is 6. The first-order chi connectivity index (χ1) is 11.7. The summed E-state index contributed by atoms with van der Waals surface area (Å²) in [7, 11) is 0. The van der Waals surface area contributed by atoms with Crippen LogP contribution in [0.3, 0.4) is 0 Å². The number of thiophene rings is 1. The normalized spacial score (nSPS) is 16.5. The van der Waals surface area contributed by atoms with Crippen molar-refractivity contribution in [2.24, 2.45) is 5.92 Å². The predicted molar refractivity (Wildman–Crippen MR) is 93.7 cm³/mol. The molecule has 0 unspecified atom stereocenters. The SMILES string of the molecule is O=C(N[C@@H](Cc1cnc[nH]1)C(=O)Nc1ccsc1)C1CCCCC1. The molecule has 3 rings (SSSR count). The number of imidazole rings is 1. The largest absolute Gasteiger partial charge is 0.348 e. The van der Waals surface area contributed by atoms with Crippen molar-refractivity contribution in [1.29, 1.82) is 0 Å². The van der Waals surface area contributed by atoms with Crippen LogP contribution in [0.2, 0.25) is 0 Å². The minimum atomic E-state index is -0.611. The number of nitrogens with zero attached hydrogens (tertiary/aromatic N) is 1. The molecule has 0 bridgehead atoms. The van der Waals surface area contributed by atoms with Crippen LogP contribution in [0.1, 0.15) is 37.8 Å². The molecule has 1 fully saturated rings. The van der Waals surface area contributed by atoms with Crippen LogP contribution in [0.4, 0.5) is 5.69 Å². The van der Waals surface area contributed by atoms with Gasteiger partial charge in [-0.25, -0.2) is 4.98 Å². The summed E-state index contributed by atoms with van der Waals surface area (Å²) in [4.78, 5) is 32.1. The van der Waals surface area contributed by atoms with Crippen LogP contribution in [-0.2, 0) is 16.0 Å². The Morgan fingerprint density at radius 2 is 2.17 bits per heavy atom. The second-order valence-electron chi connectivity index (χ2n) is 6.18. The molecule has 1 saturated carbocycles. The van der Waals surface area contributed by atoms with E-state index in [1.807, 2.05) is 16.8 Å². The van der Waals surface area contributed by atoms with Gasteiger partial charge in [0.15, 0.2) is 0 Å². The molecule has 2 amide bonds. The zero-order valence-corrected chi connectivity index (χ0v) is 14.3. The van der Waals surface area contributed by atoms with Gasteiger partial charge in [0.1, 0.15) is 6.04 Å². The van der Waals surface area contributed by atoms with Crippen molar-refractivity contribution in [2.45, 2.75) is 44.6 Å². The molecule has 0 aliphatic heterocycles. The second-order valence-corrected chi connectivity index (χ2v) is 6.96. The van der Waals surface area contributed by atoms with Gasteiger partial charge >= 0.3 is 0 Å². The monoisotopic (exact) mass is 346 g/mol. The van der Waals surface area contributed by atoms with Crippen LogP contribution in [0.5, 0.6) is 0 Å². The average molecular weight is 346 g/mol. The Bertz CT molecular complexity index is 648. The third kappa shape index (κ3) is 4.44. The summed E-state index contributed by atoms with van der Waals surface area (Å²) in [6, 6.07) is 1.23. The highest BCUT2D eigenvalue weighted by molar-refractivity contribution is 7.08. The first-order valence-electron chi connectivity index (χ1n) is 8.33. The van der Waals surface area contributed by atoms with Gasteiger partial charge in [-0.05, 0) is 24.3 Å². The maximum absolute atomic E-state index is 12.6. The van der Waals surface area contributed by atoms with E-state index in [-0.39, 0.29) is 17.7 Å². The molecule has 0 radical (unpaired) electrons. The van der Waals surface area contributed by atoms with Gasteiger partial charge < -0.3 is 15.6 Å². The molecule has 0 spiro atoms. The van der Waals surface area contributed by atoms with E-state index in [1.54, 1.807) is 12.5 Å². The van der Waals surface area contributed by atoms with Gasteiger partial charge in [0.05, 0.1) is 12.0 Å². The zero-order valence-electron chi connectivity index (χ0n) is 13.5. The van der Waals surface area contributed by atoms with Crippen molar-refractivity contribution in [1.82, 2.24) is 15.3 Å². The molecule has 2 heterocycles. The highest BCUT2D eigenvalue weighted by atomic mass is 32.1. The van der Waals surface area contributed by atoms with Crippen LogP contribution in [-0.4, -0.2) is 27.8 Å². The van der Waals surface area contributed by atoms with Crippen LogP contribution >= 0.6 is 11.3 Å². The molecule has 2 aromatic rings. The fourth-order valence-electron chi connectivity index (χ4n) is 3.04. The number of amides is 2. The minimum Gasteiger partial charge on any atom is -0.348 e. The summed E-state index contributed by atoms with van der Waals surface area (Å²) in [6.45, 7) is 0. The summed E-state index contributed by atoms with van der Waals surface area (Å²) in [5, 5.41) is 9.58. The third-order valence-electron chi connectivity index (χ3n) is 4.38. The molecule has 1 aliphatic carbocycles. The van der Waals surface area contributed by atoms with Gasteiger partial charge in [-0.15, -0.1) is 0 Å². The van der Waals surface area contributed by atoms with Crippen LogP contribution in [0, 0.1) is 5.92 Å². The lowest BCUT2D eigenvalue weighted by Gasteiger charge is -2.24. The molecule has 0 saturated heterocycles. The maximum Gasteiger partial charge on any atom is 0.247 e. The standard InChI is InChI=1S/C17H22N4O2S/c22-16(12-4-2-1-3-5-12)21-15(8-14-9-18-11-19-14)17(23)20-13-6-7-24-10-13/h6-7,9-12,15H,1-5,8H2,(H,18,19)(H,20,23)(H,21,22)/t15-/m0/s1. The van der Waals surface area contributed by atoms with E-state index in [0.29, 0.717) is 6.42 Å². The molecule has 7 heteroatoms. The van der Waals surface area contributed by atoms with Crippen LogP contribution in [0.25, 0.3) is 0 Å². The summed E-state index contributed by atoms with van der Waals surface area (Å²) in [5.41, 5.74) is 1.58. The van der Waals surface area contributed by atoms with Gasteiger partial charge in [0.2, 0.25) is 11.8 Å². The number of aromatic nitrogens is 2. The molecule has 0 aromatic carbocycles.